The number of aliphatic hydroxyl groups is 1. The first-order valence-corrected chi connectivity index (χ1v) is 12.7. The molecular formula is C27H31FN6O2. The standard InChI is InChI=1S/C27H31FN6O2/c1-18-17-36-13-12-33(18)25-15-23(22-16-30-34(26(22)31-25)24-8-11-29-32-24)27(35)9-6-20(7-10-27)14-19-2-4-21(28)5-3-19/h2-5,8,11,15-16,18,20,35H,6-7,9-10,12-14,17H2,1H3,(H,29,32)/t18-,20?,27?/m1/s1. The van der Waals surface area contributed by atoms with Crippen LogP contribution in [-0.2, 0) is 16.8 Å². The van der Waals surface area contributed by atoms with Gasteiger partial charge < -0.3 is 14.7 Å². The van der Waals surface area contributed by atoms with Crippen LogP contribution in [0, 0.1) is 11.7 Å². The van der Waals surface area contributed by atoms with Crippen LogP contribution in [0.3, 0.4) is 0 Å². The lowest BCUT2D eigenvalue weighted by molar-refractivity contribution is -0.0128. The fraction of sp³-hybridized carbons (Fsp3) is 0.444. The Labute approximate surface area is 209 Å². The van der Waals surface area contributed by atoms with Gasteiger partial charge in [-0.25, -0.2) is 9.37 Å². The summed E-state index contributed by atoms with van der Waals surface area (Å²) in [4.78, 5) is 7.26. The average Bonchev–Trinajstić information content (AvgIpc) is 3.56. The van der Waals surface area contributed by atoms with Crippen LogP contribution < -0.4 is 4.90 Å². The third-order valence-corrected chi connectivity index (χ3v) is 7.78. The van der Waals surface area contributed by atoms with Gasteiger partial charge in [0, 0.05) is 18.0 Å². The molecule has 3 aromatic heterocycles. The molecule has 2 aliphatic rings. The van der Waals surface area contributed by atoms with Crippen molar-refractivity contribution in [3.8, 4) is 5.82 Å². The average molecular weight is 491 g/mol. The summed E-state index contributed by atoms with van der Waals surface area (Å²) in [6.07, 6.45) is 7.50. The number of H-pyrrole nitrogens is 1. The van der Waals surface area contributed by atoms with E-state index in [1.54, 1.807) is 17.1 Å². The second-order valence-electron chi connectivity index (χ2n) is 10.2. The Morgan fingerprint density at radius 2 is 2.00 bits per heavy atom. The normalized spacial score (nSPS) is 24.9. The molecule has 1 aromatic carbocycles. The molecule has 2 N–H and O–H groups in total. The number of ether oxygens (including phenoxy) is 1. The van der Waals surface area contributed by atoms with E-state index in [1.165, 1.54) is 12.1 Å². The van der Waals surface area contributed by atoms with Gasteiger partial charge in [-0.2, -0.15) is 14.9 Å². The van der Waals surface area contributed by atoms with Gasteiger partial charge in [-0.3, -0.25) is 5.10 Å². The van der Waals surface area contributed by atoms with E-state index < -0.39 is 5.60 Å². The van der Waals surface area contributed by atoms with E-state index >= 15 is 0 Å². The number of aromatic amines is 1. The topological polar surface area (TPSA) is 92.1 Å². The largest absolute Gasteiger partial charge is 0.385 e. The van der Waals surface area contributed by atoms with Gasteiger partial charge in [0.2, 0.25) is 0 Å². The Kier molecular flexibility index (Phi) is 5.97. The molecule has 1 atom stereocenters. The Morgan fingerprint density at radius 3 is 2.72 bits per heavy atom. The maximum atomic E-state index is 13.3. The molecule has 6 rings (SSSR count). The van der Waals surface area contributed by atoms with Crippen LogP contribution in [0.1, 0.15) is 43.7 Å². The van der Waals surface area contributed by atoms with Crippen LogP contribution in [0.25, 0.3) is 16.9 Å². The number of rotatable bonds is 5. The Balaban J connectivity index is 1.34. The molecular weight excluding hydrogens is 459 g/mol. The Morgan fingerprint density at radius 1 is 1.19 bits per heavy atom. The summed E-state index contributed by atoms with van der Waals surface area (Å²) >= 11 is 0. The highest BCUT2D eigenvalue weighted by atomic mass is 19.1. The highest BCUT2D eigenvalue weighted by molar-refractivity contribution is 5.83. The number of morpholine rings is 1. The summed E-state index contributed by atoms with van der Waals surface area (Å²) in [5, 5.41) is 24.5. The number of nitrogens with zero attached hydrogens (tertiary/aromatic N) is 5. The summed E-state index contributed by atoms with van der Waals surface area (Å²) in [5.41, 5.74) is 1.76. The number of aromatic nitrogens is 5. The molecule has 0 amide bonds. The quantitative estimate of drug-likeness (QED) is 0.437. The van der Waals surface area contributed by atoms with Gasteiger partial charge in [0.15, 0.2) is 11.5 Å². The first kappa shape index (κ1) is 23.1. The maximum absolute atomic E-state index is 13.3. The van der Waals surface area contributed by atoms with Gasteiger partial charge in [-0.1, -0.05) is 12.1 Å². The molecule has 0 bridgehead atoms. The van der Waals surface area contributed by atoms with Crippen LogP contribution in [-0.4, -0.2) is 55.9 Å². The van der Waals surface area contributed by atoms with E-state index in [4.69, 9.17) is 9.72 Å². The fourth-order valence-corrected chi connectivity index (χ4v) is 5.71. The van der Waals surface area contributed by atoms with Crippen molar-refractivity contribution in [1.82, 2.24) is 25.0 Å². The summed E-state index contributed by atoms with van der Waals surface area (Å²) in [7, 11) is 0. The summed E-state index contributed by atoms with van der Waals surface area (Å²) in [6, 6.07) is 10.9. The lowest BCUT2D eigenvalue weighted by Gasteiger charge is -2.38. The van der Waals surface area contributed by atoms with Gasteiger partial charge in [0.25, 0.3) is 0 Å². The van der Waals surface area contributed by atoms with E-state index in [9.17, 15) is 9.50 Å². The van der Waals surface area contributed by atoms with Gasteiger partial charge in [0.1, 0.15) is 11.6 Å². The van der Waals surface area contributed by atoms with E-state index in [-0.39, 0.29) is 11.9 Å². The number of fused-ring (bicyclic) bond motifs is 1. The molecule has 188 valence electrons. The zero-order valence-corrected chi connectivity index (χ0v) is 20.4. The van der Waals surface area contributed by atoms with Gasteiger partial charge in [-0.05, 0) is 74.3 Å². The molecule has 0 spiro atoms. The molecule has 8 nitrogen and oxygen atoms in total. The van der Waals surface area contributed by atoms with Crippen molar-refractivity contribution in [1.29, 1.82) is 0 Å². The first-order valence-electron chi connectivity index (χ1n) is 12.7. The van der Waals surface area contributed by atoms with Crippen LogP contribution in [0.5, 0.6) is 0 Å². The Hall–Kier alpha value is -3.30. The van der Waals surface area contributed by atoms with E-state index in [1.807, 2.05) is 18.2 Å². The minimum Gasteiger partial charge on any atom is -0.385 e. The zero-order valence-electron chi connectivity index (χ0n) is 20.4. The fourth-order valence-electron chi connectivity index (χ4n) is 5.71. The molecule has 0 radical (unpaired) electrons. The van der Waals surface area contributed by atoms with Crippen LogP contribution in [0.15, 0.2) is 48.8 Å². The van der Waals surface area contributed by atoms with Crippen LogP contribution >= 0.6 is 0 Å². The van der Waals surface area contributed by atoms with Gasteiger partial charge >= 0.3 is 0 Å². The molecule has 1 aliphatic carbocycles. The molecule has 4 aromatic rings. The highest BCUT2D eigenvalue weighted by Gasteiger charge is 2.38. The molecule has 0 unspecified atom stereocenters. The van der Waals surface area contributed by atoms with Crippen molar-refractivity contribution in [3.05, 3.63) is 65.7 Å². The predicted molar refractivity (Wildman–Crippen MR) is 135 cm³/mol. The second-order valence-corrected chi connectivity index (χ2v) is 10.2. The molecule has 9 heteroatoms. The zero-order chi connectivity index (χ0) is 24.7. The van der Waals surface area contributed by atoms with Crippen molar-refractivity contribution in [2.24, 2.45) is 5.92 Å². The minimum atomic E-state index is -0.966. The molecule has 1 saturated carbocycles. The van der Waals surface area contributed by atoms with Crippen molar-refractivity contribution < 1.29 is 14.2 Å². The Bertz CT molecular complexity index is 1330. The van der Waals surface area contributed by atoms with Gasteiger partial charge in [-0.15, -0.1) is 0 Å². The highest BCUT2D eigenvalue weighted by Crippen LogP contribution is 2.44. The molecule has 1 aliphatic heterocycles. The van der Waals surface area contributed by atoms with Crippen molar-refractivity contribution in [2.75, 3.05) is 24.7 Å². The van der Waals surface area contributed by atoms with Crippen LogP contribution in [0.2, 0.25) is 0 Å². The number of halogens is 1. The predicted octanol–water partition coefficient (Wildman–Crippen LogP) is 4.13. The number of benzene rings is 1. The first-order chi connectivity index (χ1) is 17.5. The lowest BCUT2D eigenvalue weighted by atomic mass is 9.73. The van der Waals surface area contributed by atoms with E-state index in [2.05, 4.69) is 33.2 Å². The van der Waals surface area contributed by atoms with Crippen LogP contribution in [0.4, 0.5) is 10.2 Å². The number of hydrogen-bond donors (Lipinski definition) is 2. The third-order valence-electron chi connectivity index (χ3n) is 7.78. The van der Waals surface area contributed by atoms with E-state index in [0.29, 0.717) is 37.6 Å². The smallest absolute Gasteiger partial charge is 0.167 e. The maximum Gasteiger partial charge on any atom is 0.167 e. The van der Waals surface area contributed by atoms with Crippen molar-refractivity contribution in [2.45, 2.75) is 50.7 Å². The molecule has 36 heavy (non-hydrogen) atoms. The number of pyridine rings is 1. The molecule has 4 heterocycles. The SMILES string of the molecule is C[C@@H]1COCCN1c1cc(C2(O)CCC(Cc3ccc(F)cc3)CC2)c2cnn(-c3ccn[nH]3)c2n1. The summed E-state index contributed by atoms with van der Waals surface area (Å²) in [6.45, 7) is 4.17. The lowest BCUT2D eigenvalue weighted by Crippen LogP contribution is -2.44. The number of nitrogens with one attached hydrogen (secondary N) is 1. The number of anilines is 1. The minimum absolute atomic E-state index is 0.182. The monoisotopic (exact) mass is 490 g/mol. The summed E-state index contributed by atoms with van der Waals surface area (Å²) < 4.78 is 20.7. The van der Waals surface area contributed by atoms with E-state index in [0.717, 1.165) is 54.0 Å². The molecule has 2 fully saturated rings. The van der Waals surface area contributed by atoms with Crippen molar-refractivity contribution in [3.63, 3.8) is 0 Å². The van der Waals surface area contributed by atoms with Gasteiger partial charge in [0.05, 0.1) is 37.3 Å². The number of hydrogen-bond acceptors (Lipinski definition) is 6. The third kappa shape index (κ3) is 4.26. The van der Waals surface area contributed by atoms with Crippen molar-refractivity contribution >= 4 is 16.9 Å². The second kappa shape index (κ2) is 9.29. The molecule has 1 saturated heterocycles. The summed E-state index contributed by atoms with van der Waals surface area (Å²) in [5.74, 6) is 1.81.